The van der Waals surface area contributed by atoms with Gasteiger partial charge in [-0.2, -0.15) is 0 Å². The van der Waals surface area contributed by atoms with E-state index >= 15 is 0 Å². The lowest BCUT2D eigenvalue weighted by Crippen LogP contribution is -2.19. The van der Waals surface area contributed by atoms with E-state index in [4.69, 9.17) is 17.3 Å². The Labute approximate surface area is 131 Å². The average molecular weight is 323 g/mol. The van der Waals surface area contributed by atoms with Crippen molar-refractivity contribution in [1.82, 2.24) is 4.98 Å². The van der Waals surface area contributed by atoms with Gasteiger partial charge in [-0.3, -0.25) is 4.79 Å². The zero-order valence-electron chi connectivity index (χ0n) is 11.7. The van der Waals surface area contributed by atoms with Gasteiger partial charge in [-0.15, -0.1) is 11.3 Å². The molecule has 1 aromatic carbocycles. The van der Waals surface area contributed by atoms with Crippen LogP contribution < -0.4 is 16.0 Å². The van der Waals surface area contributed by atoms with Crippen molar-refractivity contribution in [2.45, 2.75) is 19.5 Å². The molecule has 7 heteroatoms. The fourth-order valence-electron chi connectivity index (χ4n) is 2.37. The Kier molecular flexibility index (Phi) is 3.61. The van der Waals surface area contributed by atoms with Gasteiger partial charge in [-0.1, -0.05) is 11.6 Å². The van der Waals surface area contributed by atoms with E-state index < -0.39 is 6.04 Å². The number of anilines is 2. The number of rotatable bonds is 3. The highest BCUT2D eigenvalue weighted by atomic mass is 35.5. The van der Waals surface area contributed by atoms with E-state index in [9.17, 15) is 4.79 Å². The Hall–Kier alpha value is -1.63. The summed E-state index contributed by atoms with van der Waals surface area (Å²) in [7, 11) is 1.96. The number of nitrogens with zero attached hydrogens (tertiary/aromatic N) is 2. The summed E-state index contributed by atoms with van der Waals surface area (Å²) in [5.74, 6) is -0.195. The summed E-state index contributed by atoms with van der Waals surface area (Å²) >= 11 is 7.97. The molecule has 0 bridgehead atoms. The molecule has 21 heavy (non-hydrogen) atoms. The van der Waals surface area contributed by atoms with Crippen LogP contribution >= 0.6 is 22.9 Å². The number of aromatic nitrogens is 1. The van der Waals surface area contributed by atoms with Gasteiger partial charge < -0.3 is 16.0 Å². The first-order chi connectivity index (χ1) is 9.97. The van der Waals surface area contributed by atoms with Crippen molar-refractivity contribution in [3.05, 3.63) is 38.8 Å². The van der Waals surface area contributed by atoms with Gasteiger partial charge >= 0.3 is 0 Å². The van der Waals surface area contributed by atoms with Crippen LogP contribution in [0, 0.1) is 6.92 Å². The lowest BCUT2D eigenvalue weighted by Gasteiger charge is -2.21. The molecule has 0 saturated carbocycles. The molecule has 1 aromatic heterocycles. The molecule has 0 spiro atoms. The van der Waals surface area contributed by atoms with Crippen LogP contribution in [-0.4, -0.2) is 17.9 Å². The smallest absolute Gasteiger partial charge is 0.245 e. The van der Waals surface area contributed by atoms with Crippen molar-refractivity contribution in [2.24, 2.45) is 5.73 Å². The number of fused-ring (bicyclic) bond motifs is 1. The number of carbonyl (C=O) groups is 1. The van der Waals surface area contributed by atoms with Crippen molar-refractivity contribution in [3.8, 4) is 0 Å². The van der Waals surface area contributed by atoms with Gasteiger partial charge in [0.15, 0.2) is 0 Å². The molecule has 0 fully saturated rings. The van der Waals surface area contributed by atoms with Gasteiger partial charge in [0, 0.05) is 23.2 Å². The Morgan fingerprint density at radius 1 is 1.52 bits per heavy atom. The SMILES string of the molecule is Cc1ncsc1CN(C)c1cc2c(cc1Cl)C(N)C(=O)N2. The van der Waals surface area contributed by atoms with E-state index in [1.807, 2.05) is 30.4 Å². The fourth-order valence-corrected chi connectivity index (χ4v) is 3.51. The first kappa shape index (κ1) is 14.3. The molecule has 5 nitrogen and oxygen atoms in total. The van der Waals surface area contributed by atoms with Crippen molar-refractivity contribution in [2.75, 3.05) is 17.3 Å². The largest absolute Gasteiger partial charge is 0.368 e. The standard InChI is InChI=1S/C14H15ClN4OS/c1-7-12(21-6-17-7)5-19(2)11-4-10-8(3-9(11)15)13(16)14(20)18-10/h3-4,6,13H,5,16H2,1-2H3,(H,18,20). The van der Waals surface area contributed by atoms with E-state index in [2.05, 4.69) is 10.3 Å². The zero-order chi connectivity index (χ0) is 15.1. The van der Waals surface area contributed by atoms with E-state index in [0.717, 1.165) is 29.2 Å². The zero-order valence-corrected chi connectivity index (χ0v) is 13.3. The van der Waals surface area contributed by atoms with Gasteiger partial charge in [0.25, 0.3) is 0 Å². The number of amides is 1. The minimum absolute atomic E-state index is 0.195. The van der Waals surface area contributed by atoms with Gasteiger partial charge in [0.2, 0.25) is 5.91 Å². The van der Waals surface area contributed by atoms with Gasteiger partial charge in [-0.25, -0.2) is 4.98 Å². The molecule has 0 aliphatic carbocycles. The predicted molar refractivity (Wildman–Crippen MR) is 86.0 cm³/mol. The lowest BCUT2D eigenvalue weighted by molar-refractivity contribution is -0.116. The molecule has 110 valence electrons. The third kappa shape index (κ3) is 2.50. The quantitative estimate of drug-likeness (QED) is 0.911. The first-order valence-corrected chi connectivity index (χ1v) is 7.73. The number of nitrogens with two attached hydrogens (primary N) is 1. The molecule has 2 heterocycles. The van der Waals surface area contributed by atoms with Crippen LogP contribution in [0.2, 0.25) is 5.02 Å². The molecular weight excluding hydrogens is 308 g/mol. The molecule has 3 rings (SSSR count). The summed E-state index contributed by atoms with van der Waals surface area (Å²) in [6.07, 6.45) is 0. The van der Waals surface area contributed by atoms with Gasteiger partial charge in [-0.05, 0) is 19.1 Å². The van der Waals surface area contributed by atoms with Crippen LogP contribution in [-0.2, 0) is 11.3 Å². The summed E-state index contributed by atoms with van der Waals surface area (Å²) < 4.78 is 0. The molecule has 1 aliphatic heterocycles. The number of hydrogen-bond acceptors (Lipinski definition) is 5. The molecule has 1 aliphatic rings. The Bertz CT molecular complexity index is 715. The number of aryl methyl sites for hydroxylation is 1. The van der Waals surface area contributed by atoms with Crippen LogP contribution in [0.25, 0.3) is 0 Å². The molecular formula is C14H15ClN4OS. The topological polar surface area (TPSA) is 71.2 Å². The number of benzene rings is 1. The highest BCUT2D eigenvalue weighted by molar-refractivity contribution is 7.09. The van der Waals surface area contributed by atoms with Crippen molar-refractivity contribution in [3.63, 3.8) is 0 Å². The third-order valence-corrected chi connectivity index (χ3v) is 4.85. The van der Waals surface area contributed by atoms with Crippen LogP contribution in [0.4, 0.5) is 11.4 Å². The normalized spacial score (nSPS) is 16.8. The van der Waals surface area contributed by atoms with Gasteiger partial charge in [0.1, 0.15) is 6.04 Å². The lowest BCUT2D eigenvalue weighted by atomic mass is 10.1. The van der Waals surface area contributed by atoms with E-state index in [-0.39, 0.29) is 5.91 Å². The predicted octanol–water partition coefficient (Wildman–Crippen LogP) is 2.69. The molecule has 2 aromatic rings. The number of hydrogen-bond donors (Lipinski definition) is 2. The Morgan fingerprint density at radius 2 is 2.29 bits per heavy atom. The maximum absolute atomic E-state index is 11.6. The highest BCUT2D eigenvalue weighted by Crippen LogP contribution is 2.38. The molecule has 1 unspecified atom stereocenters. The van der Waals surface area contributed by atoms with E-state index in [0.29, 0.717) is 5.02 Å². The molecule has 1 atom stereocenters. The highest BCUT2D eigenvalue weighted by Gasteiger charge is 2.28. The minimum atomic E-state index is -0.638. The summed E-state index contributed by atoms with van der Waals surface area (Å²) in [5, 5.41) is 3.37. The third-order valence-electron chi connectivity index (χ3n) is 3.63. The summed E-state index contributed by atoms with van der Waals surface area (Å²) in [4.78, 5) is 19.1. The summed E-state index contributed by atoms with van der Waals surface area (Å²) in [5.41, 5.74) is 11.0. The maximum atomic E-state index is 11.6. The number of carbonyl (C=O) groups excluding carboxylic acids is 1. The van der Waals surface area contributed by atoms with Crippen LogP contribution in [0.15, 0.2) is 17.6 Å². The molecule has 0 radical (unpaired) electrons. The van der Waals surface area contributed by atoms with E-state index in [1.54, 1.807) is 17.4 Å². The number of nitrogens with one attached hydrogen (secondary N) is 1. The van der Waals surface area contributed by atoms with Crippen LogP contribution in [0.3, 0.4) is 0 Å². The molecule has 0 saturated heterocycles. The summed E-state index contributed by atoms with van der Waals surface area (Å²) in [6, 6.07) is 3.00. The second kappa shape index (κ2) is 5.29. The van der Waals surface area contributed by atoms with Gasteiger partial charge in [0.05, 0.1) is 28.5 Å². The monoisotopic (exact) mass is 322 g/mol. The fraction of sp³-hybridized carbons (Fsp3) is 0.286. The average Bonchev–Trinajstić information content (AvgIpc) is 2.95. The summed E-state index contributed by atoms with van der Waals surface area (Å²) in [6.45, 7) is 2.71. The van der Waals surface area contributed by atoms with Crippen molar-refractivity contribution < 1.29 is 4.79 Å². The second-order valence-corrected chi connectivity index (χ2v) is 6.42. The second-order valence-electron chi connectivity index (χ2n) is 5.07. The number of halogens is 1. The minimum Gasteiger partial charge on any atom is -0.368 e. The van der Waals surface area contributed by atoms with E-state index in [1.165, 1.54) is 4.88 Å². The van der Waals surface area contributed by atoms with Crippen molar-refractivity contribution in [1.29, 1.82) is 0 Å². The van der Waals surface area contributed by atoms with Crippen molar-refractivity contribution >= 4 is 40.2 Å². The Morgan fingerprint density at radius 3 is 2.95 bits per heavy atom. The Balaban J connectivity index is 1.91. The van der Waals surface area contributed by atoms with Crippen LogP contribution in [0.1, 0.15) is 22.2 Å². The number of thiazole rings is 1. The maximum Gasteiger partial charge on any atom is 0.245 e. The molecule has 3 N–H and O–H groups in total. The molecule has 1 amide bonds. The first-order valence-electron chi connectivity index (χ1n) is 6.47. The van der Waals surface area contributed by atoms with Crippen LogP contribution in [0.5, 0.6) is 0 Å².